The number of anilines is 1. The van der Waals surface area contributed by atoms with Crippen LogP contribution in [0, 0.1) is 18.4 Å². The van der Waals surface area contributed by atoms with Gasteiger partial charge in [-0.3, -0.25) is 19.8 Å². The molecule has 1 aliphatic rings. The van der Waals surface area contributed by atoms with Crippen LogP contribution in [0.4, 0.5) is 5.69 Å². The fourth-order valence-corrected chi connectivity index (χ4v) is 4.04. The van der Waals surface area contributed by atoms with Crippen molar-refractivity contribution < 1.29 is 4.79 Å². The van der Waals surface area contributed by atoms with E-state index in [0.717, 1.165) is 55.3 Å². The second-order valence-electron chi connectivity index (χ2n) is 7.73. The van der Waals surface area contributed by atoms with E-state index in [9.17, 15) is 9.59 Å². The fourth-order valence-electron chi connectivity index (χ4n) is 4.04. The summed E-state index contributed by atoms with van der Waals surface area (Å²) in [7, 11) is 0. The van der Waals surface area contributed by atoms with Gasteiger partial charge in [0, 0.05) is 50.7 Å². The molecule has 3 aromatic heterocycles. The number of nitriles is 1. The quantitative estimate of drug-likeness (QED) is 0.478. The highest BCUT2D eigenvalue weighted by Crippen LogP contribution is 2.21. The lowest BCUT2D eigenvalue weighted by molar-refractivity contribution is 0.0968. The zero-order valence-corrected chi connectivity index (χ0v) is 17.7. The molecule has 3 aromatic rings. The van der Waals surface area contributed by atoms with Crippen molar-refractivity contribution >= 4 is 17.2 Å². The molecular formula is C22H25N7O2. The summed E-state index contributed by atoms with van der Waals surface area (Å²) >= 11 is 0. The molecule has 0 unspecified atom stereocenters. The number of hydrogen-bond donors (Lipinski definition) is 2. The Morgan fingerprint density at radius 3 is 2.71 bits per heavy atom. The number of aryl methyl sites for hydroxylation is 2. The molecule has 0 saturated carbocycles. The highest BCUT2D eigenvalue weighted by molar-refractivity contribution is 5.93. The van der Waals surface area contributed by atoms with E-state index in [1.54, 1.807) is 12.3 Å². The third-order valence-electron chi connectivity index (χ3n) is 5.69. The van der Waals surface area contributed by atoms with Gasteiger partial charge in [0.1, 0.15) is 11.3 Å². The number of carbonyl (C=O) groups excluding carboxylic acids is 1. The van der Waals surface area contributed by atoms with E-state index in [1.807, 2.05) is 36.6 Å². The van der Waals surface area contributed by atoms with E-state index < -0.39 is 5.91 Å². The lowest BCUT2D eigenvalue weighted by Gasteiger charge is -2.36. The van der Waals surface area contributed by atoms with Crippen molar-refractivity contribution in [3.8, 4) is 6.19 Å². The van der Waals surface area contributed by atoms with Crippen LogP contribution in [0.3, 0.4) is 0 Å². The van der Waals surface area contributed by atoms with Crippen LogP contribution in [0.5, 0.6) is 0 Å². The molecule has 31 heavy (non-hydrogen) atoms. The maximum absolute atomic E-state index is 12.0. The van der Waals surface area contributed by atoms with Crippen molar-refractivity contribution in [3.63, 3.8) is 0 Å². The standard InChI is InChI=1S/C22H25N7O2/c1-3-17-13-29-12-16(10-20(29)26-21(17)30)11-27-6-8-28(9-7-27)19-5-4-18(25-15(19)2)22(31)24-14-23/h4-5,10,12-13H,3,6-9,11H2,1-2H3,(H,24,31)(H,26,30). The summed E-state index contributed by atoms with van der Waals surface area (Å²) in [5.74, 6) is -0.491. The van der Waals surface area contributed by atoms with Crippen LogP contribution in [0.2, 0.25) is 0 Å². The maximum atomic E-state index is 12.0. The first kappa shape index (κ1) is 20.6. The van der Waals surface area contributed by atoms with E-state index >= 15 is 0 Å². The molecule has 0 bridgehead atoms. The number of nitrogens with one attached hydrogen (secondary N) is 2. The predicted molar refractivity (Wildman–Crippen MR) is 117 cm³/mol. The second kappa shape index (κ2) is 8.62. The Labute approximate surface area is 179 Å². The molecule has 0 radical (unpaired) electrons. The first-order valence-corrected chi connectivity index (χ1v) is 10.4. The minimum absolute atomic E-state index is 0.0200. The van der Waals surface area contributed by atoms with Gasteiger partial charge in [0.25, 0.3) is 11.5 Å². The van der Waals surface area contributed by atoms with Gasteiger partial charge >= 0.3 is 0 Å². The molecule has 1 amide bonds. The number of piperazine rings is 1. The van der Waals surface area contributed by atoms with Gasteiger partial charge in [-0.1, -0.05) is 6.92 Å². The fraction of sp³-hybridized carbons (Fsp3) is 0.364. The minimum Gasteiger partial charge on any atom is -0.368 e. The van der Waals surface area contributed by atoms with E-state index in [-0.39, 0.29) is 11.3 Å². The Morgan fingerprint density at radius 1 is 1.26 bits per heavy atom. The van der Waals surface area contributed by atoms with Crippen LogP contribution in [-0.4, -0.2) is 51.4 Å². The lowest BCUT2D eigenvalue weighted by Crippen LogP contribution is -2.46. The average molecular weight is 419 g/mol. The van der Waals surface area contributed by atoms with Gasteiger partial charge in [0.05, 0.1) is 11.4 Å². The van der Waals surface area contributed by atoms with E-state index in [2.05, 4.69) is 31.3 Å². The second-order valence-corrected chi connectivity index (χ2v) is 7.73. The van der Waals surface area contributed by atoms with Gasteiger partial charge in [0.15, 0.2) is 6.19 Å². The third kappa shape index (κ3) is 4.29. The maximum Gasteiger partial charge on any atom is 0.282 e. The molecule has 0 atom stereocenters. The molecule has 9 nitrogen and oxygen atoms in total. The van der Waals surface area contributed by atoms with Crippen LogP contribution in [-0.2, 0) is 13.0 Å². The van der Waals surface area contributed by atoms with Crippen LogP contribution in [0.25, 0.3) is 5.65 Å². The molecule has 1 saturated heterocycles. The lowest BCUT2D eigenvalue weighted by atomic mass is 10.2. The Hall–Kier alpha value is -3.64. The number of pyridine rings is 1. The Balaban J connectivity index is 1.40. The summed E-state index contributed by atoms with van der Waals surface area (Å²) in [6.45, 7) is 8.20. The van der Waals surface area contributed by atoms with Crippen LogP contribution in [0.15, 0.2) is 35.4 Å². The molecule has 4 rings (SSSR count). The summed E-state index contributed by atoms with van der Waals surface area (Å²) in [4.78, 5) is 35.8. The number of aromatic amines is 1. The van der Waals surface area contributed by atoms with E-state index in [0.29, 0.717) is 6.42 Å². The highest BCUT2D eigenvalue weighted by Gasteiger charge is 2.20. The minimum atomic E-state index is -0.491. The number of fused-ring (bicyclic) bond motifs is 1. The van der Waals surface area contributed by atoms with Crippen LogP contribution < -0.4 is 15.8 Å². The topological polar surface area (TPSA) is 110 Å². The highest BCUT2D eigenvalue weighted by atomic mass is 16.1. The summed E-state index contributed by atoms with van der Waals surface area (Å²) in [5, 5.41) is 10.7. The van der Waals surface area contributed by atoms with Crippen molar-refractivity contribution in [2.45, 2.75) is 26.8 Å². The molecule has 0 aromatic carbocycles. The van der Waals surface area contributed by atoms with Gasteiger partial charge in [-0.2, -0.15) is 5.26 Å². The first-order chi connectivity index (χ1) is 15.0. The molecule has 2 N–H and O–H groups in total. The number of nitrogens with zero attached hydrogens (tertiary/aromatic N) is 5. The molecule has 0 spiro atoms. The molecule has 160 valence electrons. The van der Waals surface area contributed by atoms with Gasteiger partial charge in [0.2, 0.25) is 0 Å². The van der Waals surface area contributed by atoms with Crippen LogP contribution in [0.1, 0.15) is 34.2 Å². The number of rotatable bonds is 5. The SMILES string of the molecule is CCc1cn2cc(CN3CCN(c4ccc(C(=O)NC#N)nc4C)CC3)cc2[nH]c1=O. The van der Waals surface area contributed by atoms with E-state index in [1.165, 1.54) is 5.56 Å². The van der Waals surface area contributed by atoms with Crippen molar-refractivity contribution in [1.82, 2.24) is 24.6 Å². The number of carbonyl (C=O) groups is 1. The van der Waals surface area contributed by atoms with Crippen molar-refractivity contribution in [2.24, 2.45) is 0 Å². The monoisotopic (exact) mass is 419 g/mol. The van der Waals surface area contributed by atoms with Crippen molar-refractivity contribution in [3.05, 3.63) is 63.5 Å². The number of hydrogen-bond acceptors (Lipinski definition) is 6. The summed E-state index contributed by atoms with van der Waals surface area (Å²) in [5.41, 5.74) is 4.77. The zero-order valence-electron chi connectivity index (χ0n) is 17.7. The Bertz CT molecular complexity index is 1210. The molecule has 4 heterocycles. The third-order valence-corrected chi connectivity index (χ3v) is 5.69. The summed E-state index contributed by atoms with van der Waals surface area (Å²) in [6.07, 6.45) is 6.33. The van der Waals surface area contributed by atoms with Gasteiger partial charge in [-0.05, 0) is 37.1 Å². The van der Waals surface area contributed by atoms with Crippen molar-refractivity contribution in [1.29, 1.82) is 5.26 Å². The largest absolute Gasteiger partial charge is 0.368 e. The normalized spacial score (nSPS) is 14.5. The zero-order chi connectivity index (χ0) is 22.0. The number of aromatic nitrogens is 3. The number of H-pyrrole nitrogens is 1. The summed E-state index contributed by atoms with van der Waals surface area (Å²) < 4.78 is 1.99. The van der Waals surface area contributed by atoms with E-state index in [4.69, 9.17) is 5.26 Å². The van der Waals surface area contributed by atoms with Crippen LogP contribution >= 0.6 is 0 Å². The van der Waals surface area contributed by atoms with Gasteiger partial charge in [-0.15, -0.1) is 0 Å². The summed E-state index contributed by atoms with van der Waals surface area (Å²) in [6, 6.07) is 5.58. The Morgan fingerprint density at radius 2 is 2.03 bits per heavy atom. The molecule has 1 fully saturated rings. The predicted octanol–water partition coefficient (Wildman–Crippen LogP) is 1.43. The molecule has 9 heteroatoms. The number of amides is 1. The smallest absolute Gasteiger partial charge is 0.282 e. The van der Waals surface area contributed by atoms with Gasteiger partial charge in [-0.25, -0.2) is 4.98 Å². The Kier molecular flexibility index (Phi) is 5.73. The molecular weight excluding hydrogens is 394 g/mol. The molecule has 1 aliphatic heterocycles. The average Bonchev–Trinajstić information content (AvgIpc) is 3.14. The molecule has 0 aliphatic carbocycles. The van der Waals surface area contributed by atoms with Gasteiger partial charge < -0.3 is 14.3 Å². The first-order valence-electron chi connectivity index (χ1n) is 10.4. The van der Waals surface area contributed by atoms with Crippen molar-refractivity contribution in [2.75, 3.05) is 31.1 Å².